The lowest BCUT2D eigenvalue weighted by Gasteiger charge is -2.32. The van der Waals surface area contributed by atoms with E-state index in [0.29, 0.717) is 31.5 Å². The van der Waals surface area contributed by atoms with Crippen LogP contribution in [0.5, 0.6) is 0 Å². The lowest BCUT2D eigenvalue weighted by Crippen LogP contribution is -2.49. The second kappa shape index (κ2) is 9.70. The standard InChI is InChI=1S/C19H25N3O4/c1-14(23)7-8-17(24)21-16-9-11-22(12-10-16)18(25)13-20-19(26)15-5-3-2-4-6-15/h2-6,16H,7-13H2,1H3,(H,20,26)(H,21,24). The lowest BCUT2D eigenvalue weighted by molar-refractivity contribution is -0.131. The van der Waals surface area contributed by atoms with Gasteiger partial charge in [0, 0.05) is 37.5 Å². The van der Waals surface area contributed by atoms with Crippen molar-refractivity contribution in [3.05, 3.63) is 35.9 Å². The summed E-state index contributed by atoms with van der Waals surface area (Å²) in [5.41, 5.74) is 0.521. The molecule has 1 saturated heterocycles. The van der Waals surface area contributed by atoms with E-state index in [1.807, 2.05) is 6.07 Å². The Morgan fingerprint density at radius 3 is 2.31 bits per heavy atom. The SMILES string of the molecule is CC(=O)CCC(=O)NC1CCN(C(=O)CNC(=O)c2ccccc2)CC1. The molecule has 0 aromatic heterocycles. The van der Waals surface area contributed by atoms with Crippen molar-refractivity contribution in [3.63, 3.8) is 0 Å². The number of hydrogen-bond donors (Lipinski definition) is 2. The highest BCUT2D eigenvalue weighted by atomic mass is 16.2. The van der Waals surface area contributed by atoms with Gasteiger partial charge in [0.25, 0.3) is 5.91 Å². The fourth-order valence-electron chi connectivity index (χ4n) is 2.82. The molecule has 2 rings (SSSR count). The van der Waals surface area contributed by atoms with Crippen LogP contribution in [-0.4, -0.2) is 54.1 Å². The van der Waals surface area contributed by atoms with Gasteiger partial charge in [-0.3, -0.25) is 14.4 Å². The van der Waals surface area contributed by atoms with E-state index in [1.54, 1.807) is 29.2 Å². The number of rotatable bonds is 7. The summed E-state index contributed by atoms with van der Waals surface area (Å²) in [6.45, 7) is 2.51. The summed E-state index contributed by atoms with van der Waals surface area (Å²) < 4.78 is 0. The van der Waals surface area contributed by atoms with Crippen LogP contribution in [0.4, 0.5) is 0 Å². The Morgan fingerprint density at radius 1 is 1.04 bits per heavy atom. The number of Topliss-reactive ketones (excluding diaryl/α,β-unsaturated/α-hetero) is 1. The molecule has 2 N–H and O–H groups in total. The summed E-state index contributed by atoms with van der Waals surface area (Å²) in [5, 5.41) is 5.54. The average Bonchev–Trinajstić information content (AvgIpc) is 2.65. The van der Waals surface area contributed by atoms with Crippen molar-refractivity contribution >= 4 is 23.5 Å². The molecule has 140 valence electrons. The van der Waals surface area contributed by atoms with Crippen molar-refractivity contribution in [1.82, 2.24) is 15.5 Å². The number of carbonyl (C=O) groups excluding carboxylic acids is 4. The van der Waals surface area contributed by atoms with Gasteiger partial charge in [-0.15, -0.1) is 0 Å². The molecule has 0 unspecified atom stereocenters. The first kappa shape index (κ1) is 19.6. The Kier molecular flexibility index (Phi) is 7.32. The van der Waals surface area contributed by atoms with Gasteiger partial charge in [-0.2, -0.15) is 0 Å². The maximum absolute atomic E-state index is 12.2. The molecule has 7 heteroatoms. The van der Waals surface area contributed by atoms with E-state index in [1.165, 1.54) is 6.92 Å². The maximum atomic E-state index is 12.2. The summed E-state index contributed by atoms with van der Waals surface area (Å²) in [4.78, 5) is 48.5. The predicted octanol–water partition coefficient (Wildman–Crippen LogP) is 0.893. The number of nitrogens with one attached hydrogen (secondary N) is 2. The third-order valence-corrected chi connectivity index (χ3v) is 4.35. The highest BCUT2D eigenvalue weighted by molar-refractivity contribution is 5.96. The molecule has 0 saturated carbocycles. The zero-order valence-electron chi connectivity index (χ0n) is 15.0. The summed E-state index contributed by atoms with van der Waals surface area (Å²) in [7, 11) is 0. The van der Waals surface area contributed by atoms with Crippen molar-refractivity contribution < 1.29 is 19.2 Å². The van der Waals surface area contributed by atoms with Gasteiger partial charge in [-0.05, 0) is 31.9 Å². The van der Waals surface area contributed by atoms with Gasteiger partial charge in [0.05, 0.1) is 6.54 Å². The largest absolute Gasteiger partial charge is 0.353 e. The molecular formula is C19H25N3O4. The summed E-state index contributed by atoms with van der Waals surface area (Å²) >= 11 is 0. The quantitative estimate of drug-likeness (QED) is 0.756. The van der Waals surface area contributed by atoms with E-state index in [-0.39, 0.29) is 48.9 Å². The van der Waals surface area contributed by atoms with Crippen molar-refractivity contribution in [2.75, 3.05) is 19.6 Å². The molecule has 0 radical (unpaired) electrons. The Bertz CT molecular complexity index is 652. The van der Waals surface area contributed by atoms with Crippen molar-refractivity contribution in [2.45, 2.75) is 38.6 Å². The minimum atomic E-state index is -0.272. The Hall–Kier alpha value is -2.70. The first-order valence-corrected chi connectivity index (χ1v) is 8.85. The molecule has 1 fully saturated rings. The lowest BCUT2D eigenvalue weighted by atomic mass is 10.0. The fraction of sp³-hybridized carbons (Fsp3) is 0.474. The van der Waals surface area contributed by atoms with Gasteiger partial charge in [-0.25, -0.2) is 0 Å². The van der Waals surface area contributed by atoms with Crippen LogP contribution >= 0.6 is 0 Å². The van der Waals surface area contributed by atoms with Gasteiger partial charge in [0.15, 0.2) is 0 Å². The summed E-state index contributed by atoms with van der Waals surface area (Å²) in [5.74, 6) is -0.527. The van der Waals surface area contributed by atoms with Gasteiger partial charge in [-0.1, -0.05) is 18.2 Å². The molecule has 0 bridgehead atoms. The van der Waals surface area contributed by atoms with E-state index in [2.05, 4.69) is 10.6 Å². The van der Waals surface area contributed by atoms with Crippen LogP contribution in [0.15, 0.2) is 30.3 Å². The minimum absolute atomic E-state index is 0.00174. The van der Waals surface area contributed by atoms with Gasteiger partial charge in [0.1, 0.15) is 5.78 Å². The van der Waals surface area contributed by atoms with Crippen LogP contribution < -0.4 is 10.6 Å². The molecule has 0 aliphatic carbocycles. The number of carbonyl (C=O) groups is 4. The molecule has 1 aromatic carbocycles. The van der Waals surface area contributed by atoms with Crippen LogP contribution in [0, 0.1) is 0 Å². The van der Waals surface area contributed by atoms with Crippen LogP contribution in [0.25, 0.3) is 0 Å². The predicted molar refractivity (Wildman–Crippen MR) is 96.4 cm³/mol. The number of hydrogen-bond acceptors (Lipinski definition) is 4. The zero-order valence-corrected chi connectivity index (χ0v) is 15.0. The number of amides is 3. The minimum Gasteiger partial charge on any atom is -0.353 e. The Balaban J connectivity index is 1.68. The topological polar surface area (TPSA) is 95.6 Å². The number of benzene rings is 1. The van der Waals surface area contributed by atoms with Gasteiger partial charge < -0.3 is 20.3 Å². The highest BCUT2D eigenvalue weighted by Gasteiger charge is 2.24. The Morgan fingerprint density at radius 2 is 1.69 bits per heavy atom. The van der Waals surface area contributed by atoms with Crippen molar-refractivity contribution in [1.29, 1.82) is 0 Å². The monoisotopic (exact) mass is 359 g/mol. The third kappa shape index (κ3) is 6.31. The van der Waals surface area contributed by atoms with E-state index in [0.717, 1.165) is 0 Å². The van der Waals surface area contributed by atoms with E-state index in [9.17, 15) is 19.2 Å². The normalized spacial score (nSPS) is 14.6. The molecule has 0 spiro atoms. The number of nitrogens with zero attached hydrogens (tertiary/aromatic N) is 1. The molecule has 7 nitrogen and oxygen atoms in total. The fourth-order valence-corrected chi connectivity index (χ4v) is 2.82. The van der Waals surface area contributed by atoms with Crippen LogP contribution in [0.1, 0.15) is 43.0 Å². The van der Waals surface area contributed by atoms with Gasteiger partial charge >= 0.3 is 0 Å². The highest BCUT2D eigenvalue weighted by Crippen LogP contribution is 2.11. The van der Waals surface area contributed by atoms with E-state index < -0.39 is 0 Å². The molecule has 26 heavy (non-hydrogen) atoms. The first-order chi connectivity index (χ1) is 12.5. The zero-order chi connectivity index (χ0) is 18.9. The maximum Gasteiger partial charge on any atom is 0.251 e. The molecule has 3 amide bonds. The first-order valence-electron chi connectivity index (χ1n) is 8.85. The third-order valence-electron chi connectivity index (χ3n) is 4.35. The molecule has 1 heterocycles. The second-order valence-corrected chi connectivity index (χ2v) is 6.47. The molecular weight excluding hydrogens is 334 g/mol. The summed E-state index contributed by atoms with van der Waals surface area (Å²) in [6, 6.07) is 8.78. The molecule has 1 aliphatic heterocycles. The van der Waals surface area contributed by atoms with Crippen LogP contribution in [0.3, 0.4) is 0 Å². The Labute approximate surface area is 153 Å². The van der Waals surface area contributed by atoms with Crippen molar-refractivity contribution in [2.24, 2.45) is 0 Å². The smallest absolute Gasteiger partial charge is 0.251 e. The summed E-state index contributed by atoms with van der Waals surface area (Å²) in [6.07, 6.45) is 1.80. The molecule has 1 aliphatic rings. The molecule has 0 atom stereocenters. The van der Waals surface area contributed by atoms with Crippen LogP contribution in [-0.2, 0) is 14.4 Å². The van der Waals surface area contributed by atoms with E-state index in [4.69, 9.17) is 0 Å². The van der Waals surface area contributed by atoms with Crippen LogP contribution in [0.2, 0.25) is 0 Å². The number of piperidine rings is 1. The molecule has 1 aromatic rings. The van der Waals surface area contributed by atoms with E-state index >= 15 is 0 Å². The average molecular weight is 359 g/mol. The second-order valence-electron chi connectivity index (χ2n) is 6.47. The van der Waals surface area contributed by atoms with Crippen molar-refractivity contribution in [3.8, 4) is 0 Å². The van der Waals surface area contributed by atoms with Gasteiger partial charge in [0.2, 0.25) is 11.8 Å². The number of likely N-dealkylation sites (tertiary alicyclic amines) is 1. The number of ketones is 1.